The normalized spacial score (nSPS) is 14.4. The van der Waals surface area contributed by atoms with Crippen LogP contribution in [0.3, 0.4) is 0 Å². The molecule has 11 rings (SSSR count). The predicted molar refractivity (Wildman–Crippen MR) is 240 cm³/mol. The Balaban J connectivity index is 1.19. The Labute approximate surface area is 340 Å². The molecule has 2 heterocycles. The van der Waals surface area contributed by atoms with Gasteiger partial charge in [0.15, 0.2) is 0 Å². The molecule has 9 aromatic carbocycles. The van der Waals surface area contributed by atoms with E-state index in [-0.39, 0.29) is 10.8 Å². The molecule has 0 saturated carbocycles. The summed E-state index contributed by atoms with van der Waals surface area (Å²) in [5.41, 5.74) is 13.6. The fourth-order valence-corrected chi connectivity index (χ4v) is 9.76. The van der Waals surface area contributed by atoms with Crippen molar-refractivity contribution in [1.82, 2.24) is 0 Å². The van der Waals surface area contributed by atoms with Gasteiger partial charge in [-0.15, -0.1) is 0 Å². The first-order valence-corrected chi connectivity index (χ1v) is 20.3. The van der Waals surface area contributed by atoms with Crippen molar-refractivity contribution in [3.8, 4) is 67.5 Å². The van der Waals surface area contributed by atoms with Gasteiger partial charge in [-0.1, -0.05) is 191 Å². The lowest BCUT2D eigenvalue weighted by atomic mass is 9.74. The van der Waals surface area contributed by atoms with Crippen molar-refractivity contribution >= 4 is 21.5 Å². The van der Waals surface area contributed by atoms with Gasteiger partial charge in [-0.3, -0.25) is 0 Å². The number of ether oxygens (including phenoxy) is 2. The van der Waals surface area contributed by atoms with E-state index in [4.69, 9.17) is 9.47 Å². The Morgan fingerprint density at radius 2 is 0.707 bits per heavy atom. The molecule has 0 bridgehead atoms. The summed E-state index contributed by atoms with van der Waals surface area (Å²) in [6.45, 7) is 9.22. The highest BCUT2D eigenvalue weighted by molar-refractivity contribution is 6.19. The molecule has 0 aromatic heterocycles. The average Bonchev–Trinajstić information content (AvgIpc) is 3.25. The van der Waals surface area contributed by atoms with Gasteiger partial charge in [0.2, 0.25) is 0 Å². The fraction of sp³-hybridized carbons (Fsp3) is 0.107. The van der Waals surface area contributed by atoms with E-state index in [1.165, 1.54) is 66.1 Å². The third-order valence-electron chi connectivity index (χ3n) is 12.8. The second-order valence-corrected chi connectivity index (χ2v) is 16.8. The molecule has 9 aromatic rings. The highest BCUT2D eigenvalue weighted by atomic mass is 16.5. The van der Waals surface area contributed by atoms with Crippen LogP contribution in [0.25, 0.3) is 66.1 Å². The lowest BCUT2D eigenvalue weighted by Gasteiger charge is -2.35. The molecule has 0 aliphatic carbocycles. The number of rotatable bonds is 4. The second-order valence-electron chi connectivity index (χ2n) is 16.8. The predicted octanol–water partition coefficient (Wildman–Crippen LogP) is 15.5. The van der Waals surface area contributed by atoms with Crippen molar-refractivity contribution in [2.24, 2.45) is 0 Å². The third kappa shape index (κ3) is 5.11. The summed E-state index contributed by atoms with van der Waals surface area (Å²) in [6, 6.07) is 65.8. The van der Waals surface area contributed by atoms with Gasteiger partial charge in [0.05, 0.1) is 0 Å². The molecule has 2 nitrogen and oxygen atoms in total. The first-order valence-electron chi connectivity index (χ1n) is 20.3. The molecular formula is C56H42O2. The van der Waals surface area contributed by atoms with Crippen molar-refractivity contribution in [2.75, 3.05) is 0 Å². The van der Waals surface area contributed by atoms with Gasteiger partial charge in [0.1, 0.15) is 23.0 Å². The molecule has 58 heavy (non-hydrogen) atoms. The second kappa shape index (κ2) is 12.8. The topological polar surface area (TPSA) is 18.5 Å². The SMILES string of the molecule is CC1(C)c2ccccc2Oc2c(-c3cccc4c(-c5ccc(-c6ccccc6)cc5)c5cccc(-c6cccc7c6Oc6ccccc6C7(C)C)c5cc34)cccc21. The van der Waals surface area contributed by atoms with E-state index in [1.807, 2.05) is 0 Å². The Morgan fingerprint density at radius 3 is 1.22 bits per heavy atom. The molecule has 0 N–H and O–H groups in total. The minimum absolute atomic E-state index is 0.227. The molecule has 278 valence electrons. The lowest BCUT2D eigenvalue weighted by molar-refractivity contribution is 0.419. The Hall–Kier alpha value is -6.90. The van der Waals surface area contributed by atoms with Crippen LogP contribution in [0, 0.1) is 0 Å². The van der Waals surface area contributed by atoms with Gasteiger partial charge in [-0.25, -0.2) is 0 Å². The molecule has 0 atom stereocenters. The summed E-state index contributed by atoms with van der Waals surface area (Å²) in [4.78, 5) is 0. The maximum atomic E-state index is 6.89. The van der Waals surface area contributed by atoms with Crippen LogP contribution in [0.15, 0.2) is 182 Å². The molecule has 2 aliphatic heterocycles. The van der Waals surface area contributed by atoms with E-state index in [0.717, 1.165) is 45.3 Å². The Bertz CT molecular complexity index is 2930. The molecule has 2 aliphatic rings. The molecule has 0 fully saturated rings. The van der Waals surface area contributed by atoms with Gasteiger partial charge in [-0.05, 0) is 73.1 Å². The third-order valence-corrected chi connectivity index (χ3v) is 12.8. The van der Waals surface area contributed by atoms with Crippen LogP contribution in [0.2, 0.25) is 0 Å². The molecule has 0 saturated heterocycles. The molecule has 2 heteroatoms. The largest absolute Gasteiger partial charge is 0.456 e. The molecule has 0 spiro atoms. The molecule has 0 unspecified atom stereocenters. The zero-order valence-electron chi connectivity index (χ0n) is 33.1. The molecular weight excluding hydrogens is 705 g/mol. The number of benzene rings is 9. The van der Waals surface area contributed by atoms with E-state index >= 15 is 0 Å². The lowest BCUT2D eigenvalue weighted by Crippen LogP contribution is -2.24. The number of para-hydroxylation sites is 4. The van der Waals surface area contributed by atoms with Gasteiger partial charge >= 0.3 is 0 Å². The van der Waals surface area contributed by atoms with Crippen LogP contribution < -0.4 is 9.47 Å². The van der Waals surface area contributed by atoms with Crippen LogP contribution in [0.5, 0.6) is 23.0 Å². The van der Waals surface area contributed by atoms with E-state index in [0.29, 0.717) is 0 Å². The summed E-state index contributed by atoms with van der Waals surface area (Å²) in [7, 11) is 0. The zero-order chi connectivity index (χ0) is 39.2. The maximum absolute atomic E-state index is 6.89. The minimum atomic E-state index is -0.227. The summed E-state index contributed by atoms with van der Waals surface area (Å²) in [5, 5.41) is 4.75. The maximum Gasteiger partial charge on any atom is 0.139 e. The highest BCUT2D eigenvalue weighted by Gasteiger charge is 2.37. The van der Waals surface area contributed by atoms with Gasteiger partial charge < -0.3 is 9.47 Å². The highest BCUT2D eigenvalue weighted by Crippen LogP contribution is 2.55. The Kier molecular flexibility index (Phi) is 7.59. The standard InChI is InChI=1S/C56H42O2/c1-55(2)46-24-8-10-28-50(46)57-53-42(22-14-26-48(53)55)38-18-12-20-40-44(38)34-45-39(43-23-15-27-49-54(43)58-51-29-11-9-25-47(51)56(49,3)4)19-13-21-41(45)52(40)37-32-30-36(31-33-37)35-16-6-5-7-17-35/h5-34H,1-4H3. The van der Waals surface area contributed by atoms with E-state index in [9.17, 15) is 0 Å². The van der Waals surface area contributed by atoms with Crippen molar-refractivity contribution in [3.63, 3.8) is 0 Å². The van der Waals surface area contributed by atoms with E-state index < -0.39 is 0 Å². The van der Waals surface area contributed by atoms with Crippen LogP contribution in [-0.2, 0) is 10.8 Å². The number of hydrogen-bond donors (Lipinski definition) is 0. The van der Waals surface area contributed by atoms with Crippen molar-refractivity contribution < 1.29 is 9.47 Å². The van der Waals surface area contributed by atoms with Crippen molar-refractivity contribution in [3.05, 3.63) is 204 Å². The number of fused-ring (bicyclic) bond motifs is 6. The van der Waals surface area contributed by atoms with Gasteiger partial charge in [-0.2, -0.15) is 0 Å². The smallest absolute Gasteiger partial charge is 0.139 e. The first kappa shape index (κ1) is 34.4. The monoisotopic (exact) mass is 746 g/mol. The summed E-state index contributed by atoms with van der Waals surface area (Å²) in [6.07, 6.45) is 0. The molecule has 0 amide bonds. The first-order chi connectivity index (χ1) is 28.3. The van der Waals surface area contributed by atoms with Crippen LogP contribution in [0.4, 0.5) is 0 Å². The van der Waals surface area contributed by atoms with E-state index in [1.54, 1.807) is 0 Å². The number of hydrogen-bond acceptors (Lipinski definition) is 2. The van der Waals surface area contributed by atoms with Crippen LogP contribution in [0.1, 0.15) is 49.9 Å². The average molecular weight is 747 g/mol. The Morgan fingerprint density at radius 1 is 0.310 bits per heavy atom. The van der Waals surface area contributed by atoms with Gasteiger partial charge in [0, 0.05) is 44.2 Å². The summed E-state index contributed by atoms with van der Waals surface area (Å²) < 4.78 is 13.8. The van der Waals surface area contributed by atoms with Crippen molar-refractivity contribution in [1.29, 1.82) is 0 Å². The van der Waals surface area contributed by atoms with Crippen LogP contribution in [-0.4, -0.2) is 0 Å². The van der Waals surface area contributed by atoms with E-state index in [2.05, 4.69) is 210 Å². The summed E-state index contributed by atoms with van der Waals surface area (Å²) in [5.74, 6) is 3.68. The fourth-order valence-electron chi connectivity index (χ4n) is 9.76. The quantitative estimate of drug-likeness (QED) is 0.167. The van der Waals surface area contributed by atoms with Gasteiger partial charge in [0.25, 0.3) is 0 Å². The minimum Gasteiger partial charge on any atom is -0.456 e. The zero-order valence-corrected chi connectivity index (χ0v) is 33.1. The summed E-state index contributed by atoms with van der Waals surface area (Å²) >= 11 is 0. The van der Waals surface area contributed by atoms with Crippen LogP contribution >= 0.6 is 0 Å². The van der Waals surface area contributed by atoms with Crippen molar-refractivity contribution in [2.45, 2.75) is 38.5 Å². The molecule has 0 radical (unpaired) electrons.